The van der Waals surface area contributed by atoms with Crippen molar-refractivity contribution in [3.63, 3.8) is 0 Å². The van der Waals surface area contributed by atoms with Gasteiger partial charge in [0.05, 0.1) is 6.61 Å². The molecule has 2 amide bonds. The van der Waals surface area contributed by atoms with Crippen LogP contribution >= 0.6 is 0 Å². The lowest BCUT2D eigenvalue weighted by atomic mass is 9.76. The first-order chi connectivity index (χ1) is 13.1. The van der Waals surface area contributed by atoms with Crippen LogP contribution in [0.2, 0.25) is 0 Å². The number of rotatable bonds is 8. The molecule has 5 heteroatoms. The fourth-order valence-electron chi connectivity index (χ4n) is 4.47. The Balaban J connectivity index is 1.49. The molecule has 1 aromatic rings. The molecule has 0 spiro atoms. The summed E-state index contributed by atoms with van der Waals surface area (Å²) in [6, 6.07) is 10.4. The fourth-order valence-corrected chi connectivity index (χ4v) is 4.47. The minimum atomic E-state index is -0.174. The van der Waals surface area contributed by atoms with Gasteiger partial charge in [0, 0.05) is 44.4 Å². The van der Waals surface area contributed by atoms with Gasteiger partial charge < -0.3 is 14.9 Å². The van der Waals surface area contributed by atoms with Gasteiger partial charge in [-0.25, -0.2) is 0 Å². The molecule has 0 saturated carbocycles. The predicted molar refractivity (Wildman–Crippen MR) is 105 cm³/mol. The van der Waals surface area contributed by atoms with Crippen molar-refractivity contribution >= 4 is 11.8 Å². The van der Waals surface area contributed by atoms with E-state index in [-0.39, 0.29) is 23.8 Å². The Hall–Kier alpha value is -1.88. The third kappa shape index (κ3) is 5.32. The van der Waals surface area contributed by atoms with Crippen LogP contribution in [0.1, 0.15) is 50.5 Å². The van der Waals surface area contributed by atoms with E-state index in [0.717, 1.165) is 51.6 Å². The number of aliphatic hydroxyl groups is 1. The molecule has 1 N–H and O–H groups in total. The zero-order valence-electron chi connectivity index (χ0n) is 16.2. The lowest BCUT2D eigenvalue weighted by Crippen LogP contribution is -2.48. The summed E-state index contributed by atoms with van der Waals surface area (Å²) in [6.07, 6.45) is 6.82. The van der Waals surface area contributed by atoms with Gasteiger partial charge in [-0.05, 0) is 44.1 Å². The molecule has 0 unspecified atom stereocenters. The van der Waals surface area contributed by atoms with Gasteiger partial charge in [-0.3, -0.25) is 9.59 Å². The summed E-state index contributed by atoms with van der Waals surface area (Å²) < 4.78 is 0. The van der Waals surface area contributed by atoms with E-state index in [0.29, 0.717) is 25.9 Å². The minimum absolute atomic E-state index is 0.121. The average Bonchev–Trinajstić information content (AvgIpc) is 3.12. The number of hydrogen-bond acceptors (Lipinski definition) is 3. The molecular weight excluding hydrogens is 340 g/mol. The normalized spacial score (nSPS) is 23.1. The average molecular weight is 373 g/mol. The minimum Gasteiger partial charge on any atom is -0.396 e. The van der Waals surface area contributed by atoms with Gasteiger partial charge in [0.15, 0.2) is 0 Å². The standard InChI is InChI=1S/C22H32N2O3/c25-18-22(12-4-9-19-7-2-1-3-8-19)13-6-15-24(17-22)21(27)11-16-23-14-5-10-20(23)26/h1-3,7-8,25H,4-6,9-18H2/t22-/m0/s1. The molecular formula is C22H32N2O3. The molecule has 1 atom stereocenters. The zero-order chi connectivity index (χ0) is 19.1. The molecule has 0 aromatic heterocycles. The maximum Gasteiger partial charge on any atom is 0.224 e. The maximum atomic E-state index is 12.7. The van der Waals surface area contributed by atoms with Gasteiger partial charge >= 0.3 is 0 Å². The topological polar surface area (TPSA) is 60.9 Å². The van der Waals surface area contributed by atoms with E-state index in [1.54, 1.807) is 4.90 Å². The van der Waals surface area contributed by atoms with Crippen molar-refractivity contribution in [2.45, 2.75) is 51.4 Å². The van der Waals surface area contributed by atoms with E-state index in [4.69, 9.17) is 0 Å². The second kappa shape index (κ2) is 9.36. The molecule has 3 rings (SSSR count). The number of carbonyl (C=O) groups excluding carboxylic acids is 2. The van der Waals surface area contributed by atoms with Gasteiger partial charge in [-0.1, -0.05) is 30.3 Å². The Morgan fingerprint density at radius 2 is 1.96 bits per heavy atom. The summed E-state index contributed by atoms with van der Waals surface area (Å²) in [6.45, 7) is 2.87. The highest BCUT2D eigenvalue weighted by atomic mass is 16.3. The van der Waals surface area contributed by atoms with Crippen molar-refractivity contribution in [1.29, 1.82) is 0 Å². The number of aryl methyl sites for hydroxylation is 1. The Morgan fingerprint density at radius 1 is 1.15 bits per heavy atom. The first-order valence-corrected chi connectivity index (χ1v) is 10.3. The molecule has 0 aliphatic carbocycles. The van der Waals surface area contributed by atoms with Gasteiger partial charge in [0.2, 0.25) is 11.8 Å². The Labute approximate surface area is 162 Å². The van der Waals surface area contributed by atoms with E-state index < -0.39 is 0 Å². The molecule has 0 bridgehead atoms. The smallest absolute Gasteiger partial charge is 0.224 e. The van der Waals surface area contributed by atoms with Crippen LogP contribution in [-0.4, -0.2) is 59.5 Å². The predicted octanol–water partition coefficient (Wildman–Crippen LogP) is 2.62. The Kier molecular flexibility index (Phi) is 6.89. The zero-order valence-corrected chi connectivity index (χ0v) is 16.2. The van der Waals surface area contributed by atoms with Crippen molar-refractivity contribution in [3.05, 3.63) is 35.9 Å². The first-order valence-electron chi connectivity index (χ1n) is 10.3. The van der Waals surface area contributed by atoms with Crippen LogP contribution in [-0.2, 0) is 16.0 Å². The van der Waals surface area contributed by atoms with E-state index in [2.05, 4.69) is 24.3 Å². The third-order valence-corrected chi connectivity index (χ3v) is 6.13. The van der Waals surface area contributed by atoms with Crippen molar-refractivity contribution < 1.29 is 14.7 Å². The number of piperidine rings is 1. The number of amides is 2. The summed E-state index contributed by atoms with van der Waals surface area (Å²) in [5, 5.41) is 10.1. The molecule has 2 saturated heterocycles. The lowest BCUT2D eigenvalue weighted by Gasteiger charge is -2.42. The summed E-state index contributed by atoms with van der Waals surface area (Å²) in [5.41, 5.74) is 1.15. The number of hydrogen-bond donors (Lipinski definition) is 1. The number of aliphatic hydroxyl groups excluding tert-OH is 1. The molecule has 148 valence electrons. The number of carbonyl (C=O) groups is 2. The highest BCUT2D eigenvalue weighted by molar-refractivity contribution is 5.80. The summed E-state index contributed by atoms with van der Waals surface area (Å²) in [4.78, 5) is 28.1. The lowest BCUT2D eigenvalue weighted by molar-refractivity contribution is -0.136. The molecule has 27 heavy (non-hydrogen) atoms. The maximum absolute atomic E-state index is 12.7. The van der Waals surface area contributed by atoms with Crippen molar-refractivity contribution in [3.8, 4) is 0 Å². The van der Waals surface area contributed by atoms with Gasteiger partial charge in [-0.2, -0.15) is 0 Å². The van der Waals surface area contributed by atoms with Gasteiger partial charge in [0.25, 0.3) is 0 Å². The Morgan fingerprint density at radius 3 is 2.67 bits per heavy atom. The van der Waals surface area contributed by atoms with E-state index >= 15 is 0 Å². The van der Waals surface area contributed by atoms with E-state index in [1.165, 1.54) is 5.56 Å². The molecule has 2 aliphatic rings. The monoisotopic (exact) mass is 372 g/mol. The molecule has 5 nitrogen and oxygen atoms in total. The van der Waals surface area contributed by atoms with Crippen LogP contribution in [0.3, 0.4) is 0 Å². The van der Waals surface area contributed by atoms with Gasteiger partial charge in [0.1, 0.15) is 0 Å². The highest BCUT2D eigenvalue weighted by Crippen LogP contribution is 2.35. The van der Waals surface area contributed by atoms with Crippen molar-refractivity contribution in [2.24, 2.45) is 5.41 Å². The van der Waals surface area contributed by atoms with Crippen LogP contribution in [0, 0.1) is 5.41 Å². The second-order valence-electron chi connectivity index (χ2n) is 8.15. The molecule has 2 heterocycles. The molecule has 2 aliphatic heterocycles. The van der Waals surface area contributed by atoms with Crippen LogP contribution in [0.25, 0.3) is 0 Å². The molecule has 0 radical (unpaired) electrons. The van der Waals surface area contributed by atoms with Crippen LogP contribution in [0.15, 0.2) is 30.3 Å². The number of likely N-dealkylation sites (tertiary alicyclic amines) is 2. The highest BCUT2D eigenvalue weighted by Gasteiger charge is 2.36. The van der Waals surface area contributed by atoms with Crippen molar-refractivity contribution in [2.75, 3.05) is 32.8 Å². The summed E-state index contributed by atoms with van der Waals surface area (Å²) in [7, 11) is 0. The SMILES string of the molecule is O=C1CCCN1CCC(=O)N1CCC[C@@](CO)(CCCc2ccccc2)C1. The first kappa shape index (κ1) is 19.9. The molecule has 1 aromatic carbocycles. The van der Waals surface area contributed by atoms with Crippen LogP contribution in [0.5, 0.6) is 0 Å². The van der Waals surface area contributed by atoms with Gasteiger partial charge in [-0.15, -0.1) is 0 Å². The molecule has 2 fully saturated rings. The summed E-state index contributed by atoms with van der Waals surface area (Å²) in [5.74, 6) is 0.294. The van der Waals surface area contributed by atoms with Crippen LogP contribution < -0.4 is 0 Å². The van der Waals surface area contributed by atoms with Crippen molar-refractivity contribution in [1.82, 2.24) is 9.80 Å². The van der Waals surface area contributed by atoms with Crippen LogP contribution in [0.4, 0.5) is 0 Å². The fraction of sp³-hybridized carbons (Fsp3) is 0.636. The van der Waals surface area contributed by atoms with E-state index in [1.807, 2.05) is 11.0 Å². The Bertz CT molecular complexity index is 634. The third-order valence-electron chi connectivity index (χ3n) is 6.13. The number of nitrogens with zero attached hydrogens (tertiary/aromatic N) is 2. The quantitative estimate of drug-likeness (QED) is 0.763. The summed E-state index contributed by atoms with van der Waals surface area (Å²) >= 11 is 0. The number of benzene rings is 1. The van der Waals surface area contributed by atoms with E-state index in [9.17, 15) is 14.7 Å². The second-order valence-corrected chi connectivity index (χ2v) is 8.15. The largest absolute Gasteiger partial charge is 0.396 e.